The first-order valence-electron chi connectivity index (χ1n) is 10.5. The van der Waals surface area contributed by atoms with E-state index in [2.05, 4.69) is 27.4 Å². The number of hydrogen-bond donors (Lipinski definition) is 1. The normalized spacial score (nSPS) is 14.8. The molecular formula is C25H20ClN3O3S. The second-order valence-corrected chi connectivity index (χ2v) is 9.03. The molecule has 0 bridgehead atoms. The lowest BCUT2D eigenvalue weighted by Gasteiger charge is -2.26. The molecule has 8 heteroatoms. The van der Waals surface area contributed by atoms with Gasteiger partial charge < -0.3 is 14.8 Å². The minimum atomic E-state index is -0.223. The Hall–Kier alpha value is -3.42. The highest BCUT2D eigenvalue weighted by molar-refractivity contribution is 7.13. The molecule has 1 aliphatic rings. The van der Waals surface area contributed by atoms with E-state index in [0.29, 0.717) is 23.1 Å². The van der Waals surface area contributed by atoms with Gasteiger partial charge in [0, 0.05) is 22.8 Å². The van der Waals surface area contributed by atoms with Crippen molar-refractivity contribution in [3.8, 4) is 16.7 Å². The SMILES string of the molecule is O=C(NCc1cnc(Oc2ccc3c(c2)CCC(c2ccccc2)O3)s1)c1ccnc(Cl)c1. The van der Waals surface area contributed by atoms with Crippen LogP contribution in [-0.4, -0.2) is 15.9 Å². The van der Waals surface area contributed by atoms with Crippen LogP contribution in [0.4, 0.5) is 0 Å². The van der Waals surface area contributed by atoms with E-state index in [0.717, 1.165) is 29.0 Å². The zero-order valence-electron chi connectivity index (χ0n) is 17.5. The summed E-state index contributed by atoms with van der Waals surface area (Å²) in [5.74, 6) is 1.38. The number of halogens is 1. The lowest BCUT2D eigenvalue weighted by molar-refractivity contribution is 0.0951. The molecule has 33 heavy (non-hydrogen) atoms. The number of nitrogens with one attached hydrogen (secondary N) is 1. The van der Waals surface area contributed by atoms with Gasteiger partial charge in [-0.25, -0.2) is 9.97 Å². The van der Waals surface area contributed by atoms with Gasteiger partial charge in [0.15, 0.2) is 0 Å². The number of aromatic nitrogens is 2. The largest absolute Gasteiger partial charge is 0.485 e. The van der Waals surface area contributed by atoms with E-state index in [9.17, 15) is 4.79 Å². The summed E-state index contributed by atoms with van der Waals surface area (Å²) >= 11 is 7.23. The third-order valence-electron chi connectivity index (χ3n) is 5.30. The zero-order valence-corrected chi connectivity index (χ0v) is 19.1. The zero-order chi connectivity index (χ0) is 22.6. The predicted octanol–water partition coefficient (Wildman–Crippen LogP) is 5.98. The Bertz CT molecular complexity index is 1280. The minimum Gasteiger partial charge on any atom is -0.485 e. The summed E-state index contributed by atoms with van der Waals surface area (Å²) in [4.78, 5) is 21.3. The molecule has 1 aliphatic heterocycles. The average Bonchev–Trinajstić information content (AvgIpc) is 3.30. The molecule has 0 saturated carbocycles. The Kier molecular flexibility index (Phi) is 6.24. The molecule has 0 radical (unpaired) electrons. The summed E-state index contributed by atoms with van der Waals surface area (Å²) in [5.41, 5.74) is 2.78. The van der Waals surface area contributed by atoms with E-state index in [-0.39, 0.29) is 17.2 Å². The fraction of sp³-hybridized carbons (Fsp3) is 0.160. The van der Waals surface area contributed by atoms with Crippen molar-refractivity contribution in [3.63, 3.8) is 0 Å². The van der Waals surface area contributed by atoms with Crippen LogP contribution in [0.25, 0.3) is 0 Å². The predicted molar refractivity (Wildman–Crippen MR) is 127 cm³/mol. The summed E-state index contributed by atoms with van der Waals surface area (Å²) in [6.07, 6.45) is 5.11. The highest BCUT2D eigenvalue weighted by Crippen LogP contribution is 2.38. The standard InChI is InChI=1S/C25H20ClN3O3S/c26-23-13-18(10-11-27-23)24(30)28-14-20-15-29-25(33-20)31-19-7-9-22-17(12-19)6-8-21(32-22)16-4-2-1-3-5-16/h1-5,7,9-13,15,21H,6,8,14H2,(H,28,30). The molecule has 1 N–H and O–H groups in total. The number of amides is 1. The maximum atomic E-state index is 12.3. The van der Waals surface area contributed by atoms with Gasteiger partial charge in [0.05, 0.1) is 6.54 Å². The van der Waals surface area contributed by atoms with Crippen molar-refractivity contribution in [2.24, 2.45) is 0 Å². The Morgan fingerprint density at radius 2 is 2.03 bits per heavy atom. The Morgan fingerprint density at radius 1 is 1.15 bits per heavy atom. The number of ether oxygens (including phenoxy) is 2. The first kappa shape index (κ1) is 21.4. The van der Waals surface area contributed by atoms with E-state index < -0.39 is 0 Å². The lowest BCUT2D eigenvalue weighted by Crippen LogP contribution is -2.22. The van der Waals surface area contributed by atoms with Crippen LogP contribution in [0.1, 0.15) is 38.9 Å². The molecule has 0 aliphatic carbocycles. The van der Waals surface area contributed by atoms with E-state index in [1.807, 2.05) is 36.4 Å². The minimum absolute atomic E-state index is 0.0744. The smallest absolute Gasteiger partial charge is 0.278 e. The quantitative estimate of drug-likeness (QED) is 0.346. The van der Waals surface area contributed by atoms with Gasteiger partial charge in [-0.1, -0.05) is 53.3 Å². The molecule has 3 heterocycles. The molecule has 166 valence electrons. The molecule has 0 fully saturated rings. The van der Waals surface area contributed by atoms with E-state index in [1.54, 1.807) is 12.3 Å². The van der Waals surface area contributed by atoms with Gasteiger partial charge in [-0.05, 0) is 54.3 Å². The Labute approximate surface area is 200 Å². The summed E-state index contributed by atoms with van der Waals surface area (Å²) in [7, 11) is 0. The number of thiazole rings is 1. The molecule has 1 amide bonds. The van der Waals surface area contributed by atoms with Crippen LogP contribution in [0.5, 0.6) is 16.7 Å². The van der Waals surface area contributed by atoms with Crippen molar-refractivity contribution in [1.29, 1.82) is 0 Å². The van der Waals surface area contributed by atoms with Gasteiger partial charge in [0.1, 0.15) is 22.8 Å². The third-order valence-corrected chi connectivity index (χ3v) is 6.38. The van der Waals surface area contributed by atoms with Crippen LogP contribution >= 0.6 is 22.9 Å². The number of hydrogen-bond acceptors (Lipinski definition) is 6. The molecule has 6 nitrogen and oxygen atoms in total. The van der Waals surface area contributed by atoms with Crippen LogP contribution < -0.4 is 14.8 Å². The van der Waals surface area contributed by atoms with Gasteiger partial charge in [-0.3, -0.25) is 4.79 Å². The van der Waals surface area contributed by atoms with Crippen molar-refractivity contribution < 1.29 is 14.3 Å². The van der Waals surface area contributed by atoms with Gasteiger partial charge in [-0.2, -0.15) is 0 Å². The number of benzene rings is 2. The fourth-order valence-electron chi connectivity index (χ4n) is 3.66. The topological polar surface area (TPSA) is 73.3 Å². The Balaban J connectivity index is 1.19. The van der Waals surface area contributed by atoms with Crippen molar-refractivity contribution in [3.05, 3.63) is 99.8 Å². The second kappa shape index (κ2) is 9.60. The third kappa shape index (κ3) is 5.16. The molecule has 0 saturated heterocycles. The molecule has 2 aromatic carbocycles. The number of aryl methyl sites for hydroxylation is 1. The van der Waals surface area contributed by atoms with Gasteiger partial charge in [-0.15, -0.1) is 0 Å². The lowest BCUT2D eigenvalue weighted by atomic mass is 9.97. The van der Waals surface area contributed by atoms with Crippen LogP contribution in [0.2, 0.25) is 5.15 Å². The van der Waals surface area contributed by atoms with Crippen molar-refractivity contribution in [2.75, 3.05) is 0 Å². The van der Waals surface area contributed by atoms with Gasteiger partial charge >= 0.3 is 0 Å². The maximum Gasteiger partial charge on any atom is 0.278 e. The van der Waals surface area contributed by atoms with Crippen molar-refractivity contribution in [2.45, 2.75) is 25.5 Å². The van der Waals surface area contributed by atoms with E-state index >= 15 is 0 Å². The molecule has 1 unspecified atom stereocenters. The number of carbonyl (C=O) groups is 1. The summed E-state index contributed by atoms with van der Waals surface area (Å²) < 4.78 is 12.2. The number of rotatable bonds is 6. The monoisotopic (exact) mass is 477 g/mol. The molecular weight excluding hydrogens is 458 g/mol. The van der Waals surface area contributed by atoms with E-state index in [1.165, 1.54) is 29.2 Å². The summed E-state index contributed by atoms with van der Waals surface area (Å²) in [6.45, 7) is 0.346. The van der Waals surface area contributed by atoms with Crippen LogP contribution in [0.15, 0.2) is 73.1 Å². The molecule has 2 aromatic heterocycles. The van der Waals surface area contributed by atoms with Crippen LogP contribution in [0.3, 0.4) is 0 Å². The van der Waals surface area contributed by atoms with E-state index in [4.69, 9.17) is 21.1 Å². The Morgan fingerprint density at radius 3 is 2.88 bits per heavy atom. The first-order valence-corrected chi connectivity index (χ1v) is 11.7. The van der Waals surface area contributed by atoms with Gasteiger partial charge in [0.2, 0.25) is 0 Å². The summed E-state index contributed by atoms with van der Waals surface area (Å²) in [5, 5.41) is 3.65. The van der Waals surface area contributed by atoms with Crippen molar-refractivity contribution in [1.82, 2.24) is 15.3 Å². The number of pyridine rings is 1. The number of carbonyl (C=O) groups excluding carboxylic acids is 1. The molecule has 0 spiro atoms. The molecule has 1 atom stereocenters. The van der Waals surface area contributed by atoms with Crippen molar-refractivity contribution >= 4 is 28.8 Å². The highest BCUT2D eigenvalue weighted by atomic mass is 35.5. The number of nitrogens with zero attached hydrogens (tertiary/aromatic N) is 2. The fourth-order valence-corrected chi connectivity index (χ4v) is 4.55. The summed E-state index contributed by atoms with van der Waals surface area (Å²) in [6, 6.07) is 19.3. The van der Waals surface area contributed by atoms with Crippen LogP contribution in [0, 0.1) is 0 Å². The second-order valence-electron chi connectivity index (χ2n) is 7.57. The highest BCUT2D eigenvalue weighted by Gasteiger charge is 2.22. The maximum absolute atomic E-state index is 12.3. The first-order chi connectivity index (χ1) is 16.1. The number of fused-ring (bicyclic) bond motifs is 1. The van der Waals surface area contributed by atoms with Crippen LogP contribution in [-0.2, 0) is 13.0 Å². The van der Waals surface area contributed by atoms with Gasteiger partial charge in [0.25, 0.3) is 11.1 Å². The molecule has 4 aromatic rings. The average molecular weight is 478 g/mol. The molecule has 5 rings (SSSR count).